The van der Waals surface area contributed by atoms with E-state index in [2.05, 4.69) is 17.6 Å². The van der Waals surface area contributed by atoms with Crippen LogP contribution in [0.3, 0.4) is 0 Å². The number of amides is 1. The maximum absolute atomic E-state index is 11.4. The predicted octanol–water partition coefficient (Wildman–Crippen LogP) is 3.40. The summed E-state index contributed by atoms with van der Waals surface area (Å²) in [6.45, 7) is 2.38. The molecule has 0 radical (unpaired) electrons. The van der Waals surface area contributed by atoms with Gasteiger partial charge in [0.1, 0.15) is 5.75 Å². The molecule has 20 heavy (non-hydrogen) atoms. The Bertz CT molecular complexity index is 501. The molecule has 0 bridgehead atoms. The van der Waals surface area contributed by atoms with Gasteiger partial charge in [-0.25, -0.2) is 0 Å². The van der Waals surface area contributed by atoms with E-state index in [0.717, 1.165) is 23.0 Å². The first-order valence-corrected chi connectivity index (χ1v) is 7.59. The first-order valence-electron chi connectivity index (χ1n) is 7.59. The van der Waals surface area contributed by atoms with E-state index in [1.165, 1.54) is 32.1 Å². The number of ether oxygens (including phenoxy) is 1. The molecule has 1 heterocycles. The van der Waals surface area contributed by atoms with Crippen LogP contribution in [-0.4, -0.2) is 18.6 Å². The summed E-state index contributed by atoms with van der Waals surface area (Å²) in [5.41, 5.74) is 1.84. The van der Waals surface area contributed by atoms with Gasteiger partial charge in [-0.2, -0.15) is 0 Å². The summed E-state index contributed by atoms with van der Waals surface area (Å²) in [5, 5.41) is 6.50. The molecule has 0 spiro atoms. The van der Waals surface area contributed by atoms with Crippen LogP contribution >= 0.6 is 0 Å². The lowest BCUT2D eigenvalue weighted by Gasteiger charge is -2.32. The number of anilines is 2. The van der Waals surface area contributed by atoms with Crippen molar-refractivity contribution >= 4 is 17.3 Å². The average Bonchev–Trinajstić information content (AvgIpc) is 2.47. The molecular weight excluding hydrogens is 252 g/mol. The number of hydrogen-bond donors (Lipinski definition) is 2. The molecule has 108 valence electrons. The van der Waals surface area contributed by atoms with Crippen molar-refractivity contribution in [1.29, 1.82) is 0 Å². The smallest absolute Gasteiger partial charge is 0.262 e. The first kappa shape index (κ1) is 13.3. The van der Waals surface area contributed by atoms with Gasteiger partial charge in [0.15, 0.2) is 6.61 Å². The molecule has 1 aromatic rings. The summed E-state index contributed by atoms with van der Waals surface area (Å²) >= 11 is 0. The maximum atomic E-state index is 11.4. The van der Waals surface area contributed by atoms with E-state index >= 15 is 0 Å². The fraction of sp³-hybridized carbons (Fsp3) is 0.562. The van der Waals surface area contributed by atoms with Crippen LogP contribution in [0.25, 0.3) is 0 Å². The molecule has 1 aliphatic heterocycles. The minimum absolute atomic E-state index is 0.0845. The van der Waals surface area contributed by atoms with E-state index in [0.29, 0.717) is 6.04 Å². The van der Waals surface area contributed by atoms with Crippen LogP contribution in [0.2, 0.25) is 0 Å². The molecule has 2 aliphatic rings. The molecule has 0 aromatic heterocycles. The highest BCUT2D eigenvalue weighted by Gasteiger charge is 2.24. The second-order valence-corrected chi connectivity index (χ2v) is 5.75. The second kappa shape index (κ2) is 5.73. The van der Waals surface area contributed by atoms with E-state index in [9.17, 15) is 4.79 Å². The van der Waals surface area contributed by atoms with E-state index < -0.39 is 0 Å². The normalized spacial score (nSPS) is 25.4. The number of carbonyl (C=O) groups excluding carboxylic acids is 1. The molecular formula is C16H22N2O2. The lowest BCUT2D eigenvalue weighted by molar-refractivity contribution is -0.118. The average molecular weight is 274 g/mol. The minimum Gasteiger partial charge on any atom is -0.482 e. The molecule has 2 unspecified atom stereocenters. The van der Waals surface area contributed by atoms with Crippen LogP contribution < -0.4 is 15.4 Å². The molecule has 1 aliphatic carbocycles. The molecule has 4 heteroatoms. The number of rotatable bonds is 3. The van der Waals surface area contributed by atoms with Gasteiger partial charge >= 0.3 is 0 Å². The van der Waals surface area contributed by atoms with Crippen molar-refractivity contribution in [3.63, 3.8) is 0 Å². The van der Waals surface area contributed by atoms with Gasteiger partial charge in [-0.3, -0.25) is 4.79 Å². The van der Waals surface area contributed by atoms with Gasteiger partial charge in [0, 0.05) is 11.7 Å². The maximum Gasteiger partial charge on any atom is 0.262 e. The Labute approximate surface area is 119 Å². The predicted molar refractivity (Wildman–Crippen MR) is 80.2 cm³/mol. The Morgan fingerprint density at radius 2 is 2.20 bits per heavy atom. The number of carbonyl (C=O) groups is 1. The number of fused-ring (bicyclic) bond motifs is 1. The highest BCUT2D eigenvalue weighted by atomic mass is 16.5. The largest absolute Gasteiger partial charge is 0.482 e. The molecule has 2 N–H and O–H groups in total. The Kier molecular flexibility index (Phi) is 3.81. The fourth-order valence-corrected chi connectivity index (χ4v) is 3.27. The summed E-state index contributed by atoms with van der Waals surface area (Å²) in [6, 6.07) is 6.50. The van der Waals surface area contributed by atoms with Crippen molar-refractivity contribution < 1.29 is 9.53 Å². The van der Waals surface area contributed by atoms with Crippen molar-refractivity contribution in [3.8, 4) is 5.75 Å². The Hall–Kier alpha value is -1.71. The standard InChI is InChI=1S/C16H22N2O2/c1-2-11-5-3-4-6-13(11)17-12-7-8-15-14(9-12)18-16(19)10-20-15/h7-9,11,13,17H,2-6,10H2,1H3,(H,18,19). The van der Waals surface area contributed by atoms with Crippen molar-refractivity contribution in [2.75, 3.05) is 17.2 Å². The molecule has 1 aromatic carbocycles. The molecule has 0 saturated heterocycles. The van der Waals surface area contributed by atoms with E-state index in [4.69, 9.17) is 4.74 Å². The second-order valence-electron chi connectivity index (χ2n) is 5.75. The van der Waals surface area contributed by atoms with Crippen LogP contribution in [0.4, 0.5) is 11.4 Å². The molecule has 4 nitrogen and oxygen atoms in total. The minimum atomic E-state index is -0.0845. The number of benzene rings is 1. The zero-order chi connectivity index (χ0) is 13.9. The van der Waals surface area contributed by atoms with Crippen molar-refractivity contribution in [1.82, 2.24) is 0 Å². The molecule has 1 fully saturated rings. The van der Waals surface area contributed by atoms with Crippen molar-refractivity contribution in [2.24, 2.45) is 5.92 Å². The summed E-state index contributed by atoms with van der Waals surface area (Å²) in [7, 11) is 0. The summed E-state index contributed by atoms with van der Waals surface area (Å²) in [4.78, 5) is 11.4. The van der Waals surface area contributed by atoms with Gasteiger partial charge in [-0.05, 0) is 37.0 Å². The van der Waals surface area contributed by atoms with Gasteiger partial charge in [0.25, 0.3) is 5.91 Å². The summed E-state index contributed by atoms with van der Waals surface area (Å²) in [5.74, 6) is 1.43. The van der Waals surface area contributed by atoms with Gasteiger partial charge in [-0.15, -0.1) is 0 Å². The van der Waals surface area contributed by atoms with Crippen molar-refractivity contribution in [2.45, 2.75) is 45.1 Å². The summed E-state index contributed by atoms with van der Waals surface area (Å²) in [6.07, 6.45) is 6.43. The van der Waals surface area contributed by atoms with Crippen LogP contribution in [-0.2, 0) is 4.79 Å². The van der Waals surface area contributed by atoms with E-state index in [1.54, 1.807) is 0 Å². The van der Waals surface area contributed by atoms with Crippen LogP contribution in [0.5, 0.6) is 5.75 Å². The van der Waals surface area contributed by atoms with Gasteiger partial charge in [0.2, 0.25) is 0 Å². The third-order valence-corrected chi connectivity index (χ3v) is 4.40. The lowest BCUT2D eigenvalue weighted by atomic mass is 9.83. The van der Waals surface area contributed by atoms with Gasteiger partial charge < -0.3 is 15.4 Å². The topological polar surface area (TPSA) is 50.4 Å². The highest BCUT2D eigenvalue weighted by Crippen LogP contribution is 2.33. The fourth-order valence-electron chi connectivity index (χ4n) is 3.27. The Morgan fingerprint density at radius 3 is 3.05 bits per heavy atom. The highest BCUT2D eigenvalue weighted by molar-refractivity contribution is 5.96. The van der Waals surface area contributed by atoms with Crippen molar-refractivity contribution in [3.05, 3.63) is 18.2 Å². The van der Waals surface area contributed by atoms with Crippen LogP contribution in [0.15, 0.2) is 18.2 Å². The van der Waals surface area contributed by atoms with E-state index in [1.807, 2.05) is 18.2 Å². The number of nitrogens with one attached hydrogen (secondary N) is 2. The third kappa shape index (κ3) is 2.74. The number of hydrogen-bond acceptors (Lipinski definition) is 3. The zero-order valence-electron chi connectivity index (χ0n) is 11.9. The molecule has 1 amide bonds. The lowest BCUT2D eigenvalue weighted by Crippen LogP contribution is -2.32. The van der Waals surface area contributed by atoms with E-state index in [-0.39, 0.29) is 12.5 Å². The quantitative estimate of drug-likeness (QED) is 0.888. The Balaban J connectivity index is 1.74. The van der Waals surface area contributed by atoms with Crippen LogP contribution in [0.1, 0.15) is 39.0 Å². The van der Waals surface area contributed by atoms with Gasteiger partial charge in [0.05, 0.1) is 5.69 Å². The monoisotopic (exact) mass is 274 g/mol. The molecule has 1 saturated carbocycles. The zero-order valence-corrected chi connectivity index (χ0v) is 11.9. The molecule has 2 atom stereocenters. The molecule has 3 rings (SSSR count). The third-order valence-electron chi connectivity index (χ3n) is 4.40. The first-order chi connectivity index (χ1) is 9.76. The summed E-state index contributed by atoms with van der Waals surface area (Å²) < 4.78 is 5.38. The Morgan fingerprint density at radius 1 is 1.35 bits per heavy atom. The van der Waals surface area contributed by atoms with Crippen LogP contribution in [0, 0.1) is 5.92 Å². The SMILES string of the molecule is CCC1CCCCC1Nc1ccc2c(c1)NC(=O)CO2. The van der Waals surface area contributed by atoms with Gasteiger partial charge in [-0.1, -0.05) is 26.2 Å².